The van der Waals surface area contributed by atoms with Gasteiger partial charge in [0.1, 0.15) is 29.3 Å². The van der Waals surface area contributed by atoms with E-state index < -0.39 is 0 Å². The molecule has 2 bridgehead atoms. The van der Waals surface area contributed by atoms with Crippen molar-refractivity contribution in [1.82, 2.24) is 24.0 Å². The minimum absolute atomic E-state index is 0.00220. The van der Waals surface area contributed by atoms with Crippen LogP contribution in [-0.2, 0) is 13.6 Å². The van der Waals surface area contributed by atoms with Crippen molar-refractivity contribution in [2.24, 2.45) is 24.6 Å². The molecule has 2 saturated carbocycles. The number of benzene rings is 2. The monoisotopic (exact) mass is 606 g/mol. The van der Waals surface area contributed by atoms with E-state index in [0.29, 0.717) is 28.9 Å². The maximum Gasteiger partial charge on any atom is 0.254 e. The van der Waals surface area contributed by atoms with Crippen molar-refractivity contribution >= 4 is 28.0 Å². The normalized spacial score (nSPS) is 20.9. The first-order valence-corrected chi connectivity index (χ1v) is 15.9. The minimum atomic E-state index is -0.0213. The number of aryl methyl sites for hydroxylation is 1. The van der Waals surface area contributed by atoms with Crippen LogP contribution in [-0.4, -0.2) is 74.0 Å². The van der Waals surface area contributed by atoms with Gasteiger partial charge >= 0.3 is 0 Å². The predicted molar refractivity (Wildman–Crippen MR) is 172 cm³/mol. The van der Waals surface area contributed by atoms with Crippen molar-refractivity contribution in [2.75, 3.05) is 26.9 Å². The van der Waals surface area contributed by atoms with Gasteiger partial charge in [0.2, 0.25) is 0 Å². The standard InChI is InChI=1S/C35H38N6O4/c1-39-32-27(15-24(17-30(32)44-2)35(43)41-19-23-8-12-28(41)31(23)36)38-34(39)29-16-22-7-11-26(37-33(22)40(29)18-20-3-4-20)21-5-9-25(10-6-21)45-14-13-42/h5-7,9-11,15-17,20,23,28,31,42H,3-4,8,12-14,18-19,36H2,1-2H3. The zero-order valence-corrected chi connectivity index (χ0v) is 25.6. The lowest BCUT2D eigenvalue weighted by molar-refractivity contribution is 0.0700. The molecule has 3 aromatic heterocycles. The van der Waals surface area contributed by atoms with E-state index in [1.807, 2.05) is 54.4 Å². The molecule has 10 nitrogen and oxygen atoms in total. The quantitative estimate of drug-likeness (QED) is 0.251. The Labute approximate surface area is 261 Å². The maximum absolute atomic E-state index is 13.7. The van der Waals surface area contributed by atoms with Crippen LogP contribution in [0.4, 0.5) is 0 Å². The molecule has 232 valence electrons. The Hall–Kier alpha value is -4.41. The molecule has 10 heteroatoms. The first-order chi connectivity index (χ1) is 21.9. The van der Waals surface area contributed by atoms with E-state index in [0.717, 1.165) is 70.8 Å². The Balaban J connectivity index is 1.19. The van der Waals surface area contributed by atoms with Gasteiger partial charge in [-0.05, 0) is 92.1 Å². The SMILES string of the molecule is COc1cc(C(=O)N2CC3CCC2C3N)cc2nc(-c3cc4ccc(-c5ccc(OCCO)cc5)nc4n3CC3CC3)n(C)c12. The number of imidazole rings is 1. The fraction of sp³-hybridized carbons (Fsp3) is 0.400. The van der Waals surface area contributed by atoms with Crippen molar-refractivity contribution in [3.05, 3.63) is 60.2 Å². The number of ether oxygens (including phenoxy) is 2. The Morgan fingerprint density at radius 1 is 1.04 bits per heavy atom. The summed E-state index contributed by atoms with van der Waals surface area (Å²) in [6.07, 6.45) is 4.48. The van der Waals surface area contributed by atoms with Crippen molar-refractivity contribution in [1.29, 1.82) is 0 Å². The highest BCUT2D eigenvalue weighted by Crippen LogP contribution is 2.40. The molecule has 3 unspecified atom stereocenters. The number of pyridine rings is 1. The van der Waals surface area contributed by atoms with Crippen molar-refractivity contribution in [3.8, 4) is 34.3 Å². The molecule has 2 aliphatic carbocycles. The third kappa shape index (κ3) is 4.74. The molecule has 1 amide bonds. The van der Waals surface area contributed by atoms with E-state index in [9.17, 15) is 4.79 Å². The van der Waals surface area contributed by atoms with E-state index in [2.05, 4.69) is 21.3 Å². The number of hydrogen-bond acceptors (Lipinski definition) is 7. The molecule has 5 aromatic rings. The second kappa shape index (κ2) is 10.9. The highest BCUT2D eigenvalue weighted by Gasteiger charge is 2.47. The second-order valence-corrected chi connectivity index (χ2v) is 12.8. The predicted octanol–water partition coefficient (Wildman–Crippen LogP) is 4.61. The fourth-order valence-corrected chi connectivity index (χ4v) is 7.37. The number of piperidine rings is 1. The zero-order valence-electron chi connectivity index (χ0n) is 25.6. The van der Waals surface area contributed by atoms with E-state index in [-0.39, 0.29) is 31.2 Å². The minimum Gasteiger partial charge on any atom is -0.494 e. The van der Waals surface area contributed by atoms with Crippen molar-refractivity contribution in [2.45, 2.75) is 44.3 Å². The topological polar surface area (TPSA) is 121 Å². The Morgan fingerprint density at radius 2 is 1.87 bits per heavy atom. The van der Waals surface area contributed by atoms with Crippen LogP contribution in [0.3, 0.4) is 0 Å². The molecular weight excluding hydrogens is 568 g/mol. The van der Waals surface area contributed by atoms with Crippen molar-refractivity contribution in [3.63, 3.8) is 0 Å². The summed E-state index contributed by atoms with van der Waals surface area (Å²) in [5.74, 6) is 3.15. The van der Waals surface area contributed by atoms with Crippen LogP contribution >= 0.6 is 0 Å². The van der Waals surface area contributed by atoms with Gasteiger partial charge in [-0.3, -0.25) is 4.79 Å². The van der Waals surface area contributed by atoms with Crippen molar-refractivity contribution < 1.29 is 19.4 Å². The van der Waals surface area contributed by atoms with Gasteiger partial charge in [0.05, 0.1) is 30.6 Å². The number of methoxy groups -OCH3 is 1. The smallest absolute Gasteiger partial charge is 0.254 e. The number of carbonyl (C=O) groups excluding carboxylic acids is 1. The number of hydrogen-bond donors (Lipinski definition) is 2. The summed E-state index contributed by atoms with van der Waals surface area (Å²) in [4.78, 5) is 26.0. The highest BCUT2D eigenvalue weighted by atomic mass is 16.5. The third-order valence-corrected chi connectivity index (χ3v) is 9.94. The van der Waals surface area contributed by atoms with Crippen LogP contribution in [0.2, 0.25) is 0 Å². The van der Waals surface area contributed by atoms with Crippen LogP contribution < -0.4 is 15.2 Å². The van der Waals surface area contributed by atoms with Gasteiger partial charge in [-0.15, -0.1) is 0 Å². The zero-order chi connectivity index (χ0) is 30.8. The van der Waals surface area contributed by atoms with E-state index >= 15 is 0 Å². The van der Waals surface area contributed by atoms with Crippen LogP contribution in [0, 0.1) is 11.8 Å². The van der Waals surface area contributed by atoms with Gasteiger partial charge in [0, 0.05) is 48.7 Å². The van der Waals surface area contributed by atoms with Gasteiger partial charge in [-0.25, -0.2) is 9.97 Å². The van der Waals surface area contributed by atoms with E-state index in [1.165, 1.54) is 12.8 Å². The highest BCUT2D eigenvalue weighted by molar-refractivity contribution is 6.00. The van der Waals surface area contributed by atoms with Gasteiger partial charge in [-0.1, -0.05) is 0 Å². The molecule has 0 radical (unpaired) electrons. The lowest BCUT2D eigenvalue weighted by atomic mass is 10.1. The first kappa shape index (κ1) is 28.1. The molecule has 4 heterocycles. The molecule has 3 aliphatic rings. The molecule has 0 spiro atoms. The number of amides is 1. The number of likely N-dealkylation sites (tertiary alicyclic amines) is 1. The number of rotatable bonds is 9. The third-order valence-electron chi connectivity index (χ3n) is 9.94. The summed E-state index contributed by atoms with van der Waals surface area (Å²) in [7, 11) is 3.65. The van der Waals surface area contributed by atoms with E-state index in [1.54, 1.807) is 7.11 Å². The Bertz CT molecular complexity index is 1920. The Kier molecular flexibility index (Phi) is 6.80. The largest absolute Gasteiger partial charge is 0.494 e. The number of fused-ring (bicyclic) bond motifs is 4. The van der Waals surface area contributed by atoms with Gasteiger partial charge < -0.3 is 34.3 Å². The van der Waals surface area contributed by atoms with Crippen LogP contribution in [0.15, 0.2) is 54.6 Å². The van der Waals surface area contributed by atoms with Crippen LogP contribution in [0.25, 0.3) is 44.8 Å². The lowest BCUT2D eigenvalue weighted by Crippen LogP contribution is -2.41. The molecule has 2 aromatic carbocycles. The number of aliphatic hydroxyl groups excluding tert-OH is 1. The second-order valence-electron chi connectivity index (χ2n) is 12.8. The summed E-state index contributed by atoms with van der Waals surface area (Å²) >= 11 is 0. The molecular formula is C35H38N6O4. The summed E-state index contributed by atoms with van der Waals surface area (Å²) in [5.41, 5.74) is 12.4. The summed E-state index contributed by atoms with van der Waals surface area (Å²) in [5, 5.41) is 10.1. The maximum atomic E-state index is 13.7. The molecule has 3 N–H and O–H groups in total. The number of nitrogens with two attached hydrogens (primary N) is 1. The van der Waals surface area contributed by atoms with Gasteiger partial charge in [0.15, 0.2) is 5.82 Å². The van der Waals surface area contributed by atoms with Gasteiger partial charge in [-0.2, -0.15) is 0 Å². The molecule has 1 aliphatic heterocycles. The fourth-order valence-electron chi connectivity index (χ4n) is 7.37. The van der Waals surface area contributed by atoms with E-state index in [4.69, 9.17) is 30.3 Å². The average Bonchev–Trinajstić information content (AvgIpc) is 3.47. The number of carbonyl (C=O) groups is 1. The van der Waals surface area contributed by atoms with Crippen LogP contribution in [0.5, 0.6) is 11.5 Å². The lowest BCUT2D eigenvalue weighted by Gasteiger charge is -2.27. The summed E-state index contributed by atoms with van der Waals surface area (Å²) < 4.78 is 15.8. The molecule has 3 atom stereocenters. The molecule has 1 saturated heterocycles. The summed E-state index contributed by atoms with van der Waals surface area (Å²) in [6, 6.07) is 18.0. The Morgan fingerprint density at radius 3 is 2.56 bits per heavy atom. The number of nitrogens with zero attached hydrogens (tertiary/aromatic N) is 5. The molecule has 45 heavy (non-hydrogen) atoms. The number of aromatic nitrogens is 4. The molecule has 3 fully saturated rings. The van der Waals surface area contributed by atoms with Gasteiger partial charge in [0.25, 0.3) is 5.91 Å². The number of aliphatic hydroxyl groups is 1. The average molecular weight is 607 g/mol. The summed E-state index contributed by atoms with van der Waals surface area (Å²) in [6.45, 7) is 1.83. The first-order valence-electron chi connectivity index (χ1n) is 15.9. The van der Waals surface area contributed by atoms with Crippen LogP contribution in [0.1, 0.15) is 36.0 Å². The molecule has 8 rings (SSSR count).